The number of benzene rings is 1. The van der Waals surface area contributed by atoms with E-state index in [1.807, 2.05) is 18.2 Å². The molecule has 1 fully saturated rings. The number of para-hydroxylation sites is 1. The highest BCUT2D eigenvalue weighted by Gasteiger charge is 2.33. The van der Waals surface area contributed by atoms with Crippen molar-refractivity contribution in [3.05, 3.63) is 40.4 Å². The van der Waals surface area contributed by atoms with Crippen molar-refractivity contribution in [2.24, 2.45) is 0 Å². The molecule has 0 aromatic heterocycles. The molecule has 1 aliphatic carbocycles. The number of rotatable bonds is 5. The lowest BCUT2D eigenvalue weighted by Gasteiger charge is -2.10. The zero-order valence-electron chi connectivity index (χ0n) is 10.5. The van der Waals surface area contributed by atoms with Crippen LogP contribution in [0.5, 0.6) is 0 Å². The van der Waals surface area contributed by atoms with Crippen molar-refractivity contribution in [2.45, 2.75) is 31.4 Å². The molecule has 1 aromatic carbocycles. The molecule has 0 radical (unpaired) electrons. The van der Waals surface area contributed by atoms with Gasteiger partial charge in [-0.05, 0) is 18.6 Å². The van der Waals surface area contributed by atoms with E-state index in [1.54, 1.807) is 12.1 Å². The Balaban J connectivity index is 1.71. The summed E-state index contributed by atoms with van der Waals surface area (Å²) in [5.74, 6) is -0.240. The molecule has 6 heteroatoms. The van der Waals surface area contributed by atoms with E-state index in [2.05, 4.69) is 5.32 Å². The van der Waals surface area contributed by atoms with Crippen molar-refractivity contribution < 1.29 is 14.5 Å². The zero-order chi connectivity index (χ0) is 13.7. The van der Waals surface area contributed by atoms with Crippen LogP contribution in [-0.4, -0.2) is 29.6 Å². The van der Waals surface area contributed by atoms with Crippen LogP contribution < -0.4 is 5.32 Å². The highest BCUT2D eigenvalue weighted by Crippen LogP contribution is 2.23. The van der Waals surface area contributed by atoms with Crippen molar-refractivity contribution in [3.8, 4) is 0 Å². The van der Waals surface area contributed by atoms with Gasteiger partial charge >= 0.3 is 0 Å². The second-order valence-electron chi connectivity index (χ2n) is 4.60. The summed E-state index contributed by atoms with van der Waals surface area (Å²) >= 11 is 0. The number of nitrogens with one attached hydrogen (secondary N) is 1. The number of amides is 1. The predicted molar refractivity (Wildman–Crippen MR) is 69.4 cm³/mol. The largest absolute Gasteiger partial charge is 0.368 e. The molecule has 0 saturated heterocycles. The molecule has 1 N–H and O–H groups in total. The van der Waals surface area contributed by atoms with Crippen molar-refractivity contribution in [3.63, 3.8) is 0 Å². The molecule has 0 aliphatic heterocycles. The predicted octanol–water partition coefficient (Wildman–Crippen LogP) is 1.84. The van der Waals surface area contributed by atoms with Gasteiger partial charge in [0.25, 0.3) is 0 Å². The Hall–Kier alpha value is -1.95. The minimum atomic E-state index is -0.526. The van der Waals surface area contributed by atoms with Gasteiger partial charge in [-0.2, -0.15) is 0 Å². The molecule has 19 heavy (non-hydrogen) atoms. The smallest absolute Gasteiger partial charge is 0.250 e. The summed E-state index contributed by atoms with van der Waals surface area (Å²) in [6.07, 6.45) is 1.38. The van der Waals surface area contributed by atoms with E-state index in [4.69, 9.17) is 4.74 Å². The molecular formula is C13H16N2O4. The Kier molecular flexibility index (Phi) is 4.46. The molecule has 0 spiro atoms. The van der Waals surface area contributed by atoms with Gasteiger partial charge in [-0.3, -0.25) is 14.9 Å². The van der Waals surface area contributed by atoms with Crippen molar-refractivity contribution in [1.82, 2.24) is 0 Å². The van der Waals surface area contributed by atoms with Crippen LogP contribution in [0, 0.1) is 10.1 Å². The van der Waals surface area contributed by atoms with Crippen LogP contribution in [0.3, 0.4) is 0 Å². The van der Waals surface area contributed by atoms with E-state index in [0.29, 0.717) is 24.9 Å². The number of nitro groups is 1. The summed E-state index contributed by atoms with van der Waals surface area (Å²) in [5, 5.41) is 13.3. The first-order chi connectivity index (χ1) is 9.15. The molecule has 2 rings (SSSR count). The number of nitrogens with zero attached hydrogens (tertiary/aromatic N) is 1. The summed E-state index contributed by atoms with van der Waals surface area (Å²) in [6, 6.07) is 8.57. The standard InChI is InChI=1S/C13H16N2O4/c16-13(14-10-4-2-1-3-5-10)9-19-12-7-6-11(8-12)15(17)18/h1-5,11-12H,6-9H2,(H,14,16). The fourth-order valence-corrected chi connectivity index (χ4v) is 2.17. The molecule has 1 saturated carbocycles. The lowest BCUT2D eigenvalue weighted by atomic mass is 10.3. The molecule has 2 atom stereocenters. The number of carbonyl (C=O) groups excluding carboxylic acids is 1. The monoisotopic (exact) mass is 264 g/mol. The molecule has 1 aliphatic rings. The minimum Gasteiger partial charge on any atom is -0.368 e. The maximum absolute atomic E-state index is 11.6. The van der Waals surface area contributed by atoms with E-state index < -0.39 is 6.04 Å². The van der Waals surface area contributed by atoms with E-state index in [-0.39, 0.29) is 23.5 Å². The third-order valence-electron chi connectivity index (χ3n) is 3.16. The maximum Gasteiger partial charge on any atom is 0.250 e. The zero-order valence-corrected chi connectivity index (χ0v) is 10.5. The lowest BCUT2D eigenvalue weighted by molar-refractivity contribution is -0.521. The fourth-order valence-electron chi connectivity index (χ4n) is 2.17. The van der Waals surface area contributed by atoms with Crippen molar-refractivity contribution in [1.29, 1.82) is 0 Å². The third kappa shape index (κ3) is 4.03. The maximum atomic E-state index is 11.6. The summed E-state index contributed by atoms with van der Waals surface area (Å²) in [4.78, 5) is 21.9. The van der Waals surface area contributed by atoms with Gasteiger partial charge < -0.3 is 10.1 Å². The first-order valence-electron chi connectivity index (χ1n) is 6.25. The van der Waals surface area contributed by atoms with Gasteiger partial charge in [-0.1, -0.05) is 18.2 Å². The first kappa shape index (κ1) is 13.5. The van der Waals surface area contributed by atoms with Gasteiger partial charge in [0.15, 0.2) is 0 Å². The number of carbonyl (C=O) groups is 1. The van der Waals surface area contributed by atoms with Gasteiger partial charge in [-0.15, -0.1) is 0 Å². The number of ether oxygens (including phenoxy) is 1. The van der Waals surface area contributed by atoms with E-state index >= 15 is 0 Å². The lowest BCUT2D eigenvalue weighted by Crippen LogP contribution is -2.23. The summed E-state index contributed by atoms with van der Waals surface area (Å²) < 4.78 is 5.40. The Morgan fingerprint density at radius 3 is 2.74 bits per heavy atom. The molecular weight excluding hydrogens is 248 g/mol. The highest BCUT2D eigenvalue weighted by molar-refractivity contribution is 5.91. The Labute approximate surface area is 110 Å². The first-order valence-corrected chi connectivity index (χ1v) is 6.25. The number of anilines is 1. The Bertz CT molecular complexity index is 449. The summed E-state index contributed by atoms with van der Waals surface area (Å²) in [6.45, 7) is -0.0655. The van der Waals surface area contributed by atoms with Gasteiger partial charge in [0.1, 0.15) is 6.61 Å². The van der Waals surface area contributed by atoms with Crippen LogP contribution in [0.1, 0.15) is 19.3 Å². The second kappa shape index (κ2) is 6.29. The Morgan fingerprint density at radius 1 is 1.37 bits per heavy atom. The normalized spacial score (nSPS) is 22.1. The second-order valence-corrected chi connectivity index (χ2v) is 4.60. The topological polar surface area (TPSA) is 81.5 Å². The Morgan fingerprint density at radius 2 is 2.11 bits per heavy atom. The van der Waals surface area contributed by atoms with E-state index in [9.17, 15) is 14.9 Å². The summed E-state index contributed by atoms with van der Waals surface area (Å²) in [7, 11) is 0. The van der Waals surface area contributed by atoms with E-state index in [1.165, 1.54) is 0 Å². The molecule has 1 amide bonds. The number of hydrogen-bond acceptors (Lipinski definition) is 4. The van der Waals surface area contributed by atoms with E-state index in [0.717, 1.165) is 0 Å². The van der Waals surface area contributed by atoms with Gasteiger partial charge in [0.2, 0.25) is 11.9 Å². The number of hydrogen-bond donors (Lipinski definition) is 1. The SMILES string of the molecule is O=C(COC1CCC([N+](=O)[O-])C1)Nc1ccccc1. The minimum absolute atomic E-state index is 0.0655. The van der Waals surface area contributed by atoms with Crippen molar-refractivity contribution >= 4 is 11.6 Å². The fraction of sp³-hybridized carbons (Fsp3) is 0.462. The molecule has 2 unspecified atom stereocenters. The molecule has 1 aromatic rings. The van der Waals surface area contributed by atoms with Crippen LogP contribution in [0.4, 0.5) is 5.69 Å². The molecule has 0 bridgehead atoms. The van der Waals surface area contributed by atoms with Crippen LogP contribution in [-0.2, 0) is 9.53 Å². The van der Waals surface area contributed by atoms with Crippen molar-refractivity contribution in [2.75, 3.05) is 11.9 Å². The third-order valence-corrected chi connectivity index (χ3v) is 3.16. The van der Waals surface area contributed by atoms with Crippen LogP contribution in [0.2, 0.25) is 0 Å². The quantitative estimate of drug-likeness (QED) is 0.650. The van der Waals surface area contributed by atoms with Crippen LogP contribution in [0.15, 0.2) is 30.3 Å². The summed E-state index contributed by atoms with van der Waals surface area (Å²) in [5.41, 5.74) is 0.714. The average Bonchev–Trinajstić information content (AvgIpc) is 2.86. The molecule has 6 nitrogen and oxygen atoms in total. The molecule has 102 valence electrons. The highest BCUT2D eigenvalue weighted by atomic mass is 16.6. The van der Waals surface area contributed by atoms with Crippen LogP contribution >= 0.6 is 0 Å². The van der Waals surface area contributed by atoms with Gasteiger partial charge in [0, 0.05) is 23.5 Å². The van der Waals surface area contributed by atoms with Crippen LogP contribution in [0.25, 0.3) is 0 Å². The molecule has 0 heterocycles. The average molecular weight is 264 g/mol. The van der Waals surface area contributed by atoms with Gasteiger partial charge in [0.05, 0.1) is 6.10 Å². The van der Waals surface area contributed by atoms with Gasteiger partial charge in [-0.25, -0.2) is 0 Å².